The zero-order valence-corrected chi connectivity index (χ0v) is 15.0. The van der Waals surface area contributed by atoms with E-state index in [4.69, 9.17) is 11.6 Å². The fourth-order valence-electron chi connectivity index (χ4n) is 1.93. The van der Waals surface area contributed by atoms with Crippen molar-refractivity contribution in [1.29, 1.82) is 0 Å². The summed E-state index contributed by atoms with van der Waals surface area (Å²) in [4.78, 5) is 28.7. The second-order valence-electron chi connectivity index (χ2n) is 5.69. The number of carbonyl (C=O) groups is 1. The quantitative estimate of drug-likeness (QED) is 0.853. The first-order valence-corrected chi connectivity index (χ1v) is 7.84. The largest absolute Gasteiger partial charge is 0.349 e. The number of carbonyl (C=O) groups excluding carboxylic acids is 1. The number of nitrogens with one attached hydrogen (secondary N) is 1. The van der Waals surface area contributed by atoms with Gasteiger partial charge in [0.2, 0.25) is 17.8 Å². The Morgan fingerprint density at radius 3 is 2.17 bits per heavy atom. The normalized spacial score (nSPS) is 10.4. The highest BCUT2D eigenvalue weighted by Gasteiger charge is 2.11. The first-order valence-electron chi connectivity index (χ1n) is 7.46. The zero-order chi connectivity index (χ0) is 17.7. The van der Waals surface area contributed by atoms with Crippen molar-refractivity contribution in [3.05, 3.63) is 40.7 Å². The molecular weight excluding hydrogens is 328 g/mol. The van der Waals surface area contributed by atoms with Gasteiger partial charge in [0.1, 0.15) is 0 Å². The number of anilines is 2. The average molecular weight is 349 g/mol. The van der Waals surface area contributed by atoms with Gasteiger partial charge in [-0.3, -0.25) is 4.79 Å². The van der Waals surface area contributed by atoms with Crippen LogP contribution in [-0.4, -0.2) is 49.0 Å². The second-order valence-corrected chi connectivity index (χ2v) is 6.09. The van der Waals surface area contributed by atoms with Crippen LogP contribution in [0.5, 0.6) is 0 Å². The van der Waals surface area contributed by atoms with Crippen LogP contribution in [0.2, 0.25) is 5.02 Å². The van der Waals surface area contributed by atoms with E-state index in [9.17, 15) is 4.79 Å². The lowest BCUT2D eigenvalue weighted by molar-refractivity contribution is -0.120. The van der Waals surface area contributed by atoms with Gasteiger partial charge in [-0.15, -0.1) is 0 Å². The van der Waals surface area contributed by atoms with Gasteiger partial charge in [-0.25, -0.2) is 0 Å². The fraction of sp³-hybridized carbons (Fsp3) is 0.375. The van der Waals surface area contributed by atoms with E-state index in [2.05, 4.69) is 20.3 Å². The molecule has 1 aromatic heterocycles. The third-order valence-corrected chi connectivity index (χ3v) is 3.58. The van der Waals surface area contributed by atoms with Gasteiger partial charge in [0, 0.05) is 33.2 Å². The van der Waals surface area contributed by atoms with E-state index in [1.165, 1.54) is 0 Å². The molecule has 0 unspecified atom stereocenters. The molecule has 1 amide bonds. The van der Waals surface area contributed by atoms with Gasteiger partial charge in [-0.2, -0.15) is 15.0 Å². The molecular formula is C16H21ClN6O. The number of hydrogen-bond donors (Lipinski definition) is 1. The van der Waals surface area contributed by atoms with E-state index >= 15 is 0 Å². The summed E-state index contributed by atoms with van der Waals surface area (Å²) in [5.41, 5.74) is 0.787. The Hall–Kier alpha value is -2.41. The molecule has 0 bridgehead atoms. The van der Waals surface area contributed by atoms with Gasteiger partial charge < -0.3 is 15.1 Å². The van der Waals surface area contributed by atoms with Crippen LogP contribution < -0.4 is 15.1 Å². The number of nitrogens with zero attached hydrogens (tertiary/aromatic N) is 5. The van der Waals surface area contributed by atoms with Crippen LogP contribution in [0, 0.1) is 0 Å². The molecule has 24 heavy (non-hydrogen) atoms. The molecule has 1 heterocycles. The lowest BCUT2D eigenvalue weighted by atomic mass is 10.1. The summed E-state index contributed by atoms with van der Waals surface area (Å²) >= 11 is 6.07. The smallest absolute Gasteiger partial charge is 0.229 e. The molecule has 0 aliphatic heterocycles. The molecule has 0 saturated heterocycles. The molecule has 0 aliphatic carbocycles. The Morgan fingerprint density at radius 2 is 1.62 bits per heavy atom. The van der Waals surface area contributed by atoms with Crippen molar-refractivity contribution in [2.75, 3.05) is 38.0 Å². The van der Waals surface area contributed by atoms with Crippen LogP contribution in [0.15, 0.2) is 24.3 Å². The SMILES string of the molecule is CN(C)c1nc(CNC(=O)Cc2ccccc2Cl)nc(N(C)C)n1. The Labute approximate surface area is 146 Å². The Balaban J connectivity index is 2.05. The Morgan fingerprint density at radius 1 is 1.04 bits per heavy atom. The topological polar surface area (TPSA) is 74.2 Å². The summed E-state index contributed by atoms with van der Waals surface area (Å²) in [7, 11) is 7.42. The summed E-state index contributed by atoms with van der Waals surface area (Å²) in [6.07, 6.45) is 0.214. The monoisotopic (exact) mass is 348 g/mol. The molecule has 0 fully saturated rings. The molecule has 128 valence electrons. The van der Waals surface area contributed by atoms with E-state index in [0.717, 1.165) is 5.56 Å². The van der Waals surface area contributed by atoms with E-state index in [0.29, 0.717) is 22.7 Å². The molecule has 0 aliphatic rings. The van der Waals surface area contributed by atoms with Crippen molar-refractivity contribution in [2.24, 2.45) is 0 Å². The maximum absolute atomic E-state index is 12.1. The van der Waals surface area contributed by atoms with Gasteiger partial charge >= 0.3 is 0 Å². The van der Waals surface area contributed by atoms with Crippen molar-refractivity contribution in [3.8, 4) is 0 Å². The highest BCUT2D eigenvalue weighted by Crippen LogP contribution is 2.15. The third-order valence-electron chi connectivity index (χ3n) is 3.21. The molecule has 0 saturated carbocycles. The maximum atomic E-state index is 12.1. The van der Waals surface area contributed by atoms with Crippen LogP contribution >= 0.6 is 11.6 Å². The first kappa shape index (κ1) is 17.9. The highest BCUT2D eigenvalue weighted by atomic mass is 35.5. The van der Waals surface area contributed by atoms with Crippen LogP contribution in [0.1, 0.15) is 11.4 Å². The summed E-state index contributed by atoms with van der Waals surface area (Å²) in [6.45, 7) is 0.230. The lowest BCUT2D eigenvalue weighted by Crippen LogP contribution is -2.27. The molecule has 7 nitrogen and oxygen atoms in total. The maximum Gasteiger partial charge on any atom is 0.229 e. The number of amides is 1. The molecule has 1 N–H and O–H groups in total. The number of aromatic nitrogens is 3. The van der Waals surface area contributed by atoms with E-state index in [1.54, 1.807) is 15.9 Å². The number of halogens is 1. The van der Waals surface area contributed by atoms with Crippen molar-refractivity contribution in [2.45, 2.75) is 13.0 Å². The summed E-state index contributed by atoms with van der Waals surface area (Å²) in [5.74, 6) is 1.46. The third kappa shape index (κ3) is 4.79. The van der Waals surface area contributed by atoms with Gasteiger partial charge in [-0.05, 0) is 11.6 Å². The Bertz CT molecular complexity index is 693. The van der Waals surface area contributed by atoms with Crippen molar-refractivity contribution >= 4 is 29.4 Å². The van der Waals surface area contributed by atoms with Crippen molar-refractivity contribution < 1.29 is 4.79 Å². The highest BCUT2D eigenvalue weighted by molar-refractivity contribution is 6.31. The van der Waals surface area contributed by atoms with Crippen LogP contribution in [0.25, 0.3) is 0 Å². The molecule has 8 heteroatoms. The van der Waals surface area contributed by atoms with Gasteiger partial charge in [0.05, 0.1) is 13.0 Å². The minimum absolute atomic E-state index is 0.138. The summed E-state index contributed by atoms with van der Waals surface area (Å²) in [6, 6.07) is 7.29. The minimum Gasteiger partial charge on any atom is -0.349 e. The van der Waals surface area contributed by atoms with Crippen LogP contribution in [0.3, 0.4) is 0 Å². The van der Waals surface area contributed by atoms with E-state index in [-0.39, 0.29) is 18.9 Å². The minimum atomic E-state index is -0.138. The van der Waals surface area contributed by atoms with Crippen LogP contribution in [-0.2, 0) is 17.8 Å². The molecule has 0 atom stereocenters. The summed E-state index contributed by atoms with van der Waals surface area (Å²) < 4.78 is 0. The standard InChI is InChI=1S/C16H21ClN6O/c1-22(2)15-19-13(20-16(21-15)23(3)4)10-18-14(24)9-11-7-5-6-8-12(11)17/h5-8H,9-10H2,1-4H3,(H,18,24). The van der Waals surface area contributed by atoms with E-state index in [1.807, 2.05) is 46.4 Å². The molecule has 2 aromatic rings. The van der Waals surface area contributed by atoms with Crippen molar-refractivity contribution in [3.63, 3.8) is 0 Å². The molecule has 0 radical (unpaired) electrons. The molecule has 1 aromatic carbocycles. The fourth-order valence-corrected chi connectivity index (χ4v) is 2.13. The summed E-state index contributed by atoms with van der Waals surface area (Å²) in [5, 5.41) is 3.40. The van der Waals surface area contributed by atoms with Gasteiger partial charge in [0.25, 0.3) is 0 Å². The lowest BCUT2D eigenvalue weighted by Gasteiger charge is -2.16. The van der Waals surface area contributed by atoms with Gasteiger partial charge in [0.15, 0.2) is 5.82 Å². The van der Waals surface area contributed by atoms with Gasteiger partial charge in [-0.1, -0.05) is 29.8 Å². The number of rotatable bonds is 6. The average Bonchev–Trinajstić information content (AvgIpc) is 2.54. The second kappa shape index (κ2) is 7.92. The van der Waals surface area contributed by atoms with E-state index < -0.39 is 0 Å². The van der Waals surface area contributed by atoms with Crippen molar-refractivity contribution in [1.82, 2.24) is 20.3 Å². The van der Waals surface area contributed by atoms with Crippen LogP contribution in [0.4, 0.5) is 11.9 Å². The first-order chi connectivity index (χ1) is 11.4. The Kier molecular flexibility index (Phi) is 5.92. The molecule has 0 spiro atoms. The number of hydrogen-bond acceptors (Lipinski definition) is 6. The number of benzene rings is 1. The zero-order valence-electron chi connectivity index (χ0n) is 14.2. The predicted octanol–water partition coefficient (Wildman–Crippen LogP) is 1.52. The molecule has 2 rings (SSSR count). The predicted molar refractivity (Wildman–Crippen MR) is 95.5 cm³/mol.